The fourth-order valence-corrected chi connectivity index (χ4v) is 2.24. The number of nitriles is 1. The number of nitrogens with zero attached hydrogens (tertiary/aromatic N) is 5. The molecule has 0 fully saturated rings. The summed E-state index contributed by atoms with van der Waals surface area (Å²) >= 11 is 0. The number of hydrogen-bond acceptors (Lipinski definition) is 7. The molecular weight excluding hydrogens is 306 g/mol. The molecule has 2 heterocycles. The van der Waals surface area contributed by atoms with Crippen LogP contribution < -0.4 is 17.0 Å². The third-order valence-corrected chi connectivity index (χ3v) is 3.40. The standard InChI is InChI=1S/C9H7N7O.C7H6/c10-4-6-2-1-3-12-7(6)16-5-13-8(15-11)14-9(16)17;1-2-7-4-3-6(1)5-7/h1-3,5H,11H2,(H,14,15,17);1-4H,5H2. The van der Waals surface area contributed by atoms with Crippen LogP contribution in [0.1, 0.15) is 12.0 Å². The third kappa shape index (κ3) is 3.11. The molecule has 118 valence electrons. The maximum Gasteiger partial charge on any atom is 0.357 e. The zero-order chi connectivity index (χ0) is 16.9. The van der Waals surface area contributed by atoms with Crippen molar-refractivity contribution in [3.05, 3.63) is 76.2 Å². The van der Waals surface area contributed by atoms with Gasteiger partial charge in [0.1, 0.15) is 12.4 Å². The monoisotopic (exact) mass is 319 g/mol. The van der Waals surface area contributed by atoms with Gasteiger partial charge in [0.25, 0.3) is 0 Å². The largest absolute Gasteiger partial charge is 0.357 e. The number of nitrogens with one attached hydrogen (secondary N) is 1. The number of anilines is 1. The van der Waals surface area contributed by atoms with E-state index >= 15 is 0 Å². The Kier molecular flexibility index (Phi) is 4.27. The summed E-state index contributed by atoms with van der Waals surface area (Å²) < 4.78 is 1.07. The van der Waals surface area contributed by atoms with Crippen molar-refractivity contribution in [1.82, 2.24) is 19.5 Å². The number of allylic oxidation sites excluding steroid dienone is 6. The number of hydrogen-bond donors (Lipinski definition) is 2. The minimum Gasteiger partial charge on any atom is -0.292 e. The second-order valence-electron chi connectivity index (χ2n) is 4.96. The molecule has 2 aromatic heterocycles. The first kappa shape index (κ1) is 15.3. The van der Waals surface area contributed by atoms with E-state index in [-0.39, 0.29) is 17.3 Å². The van der Waals surface area contributed by atoms with Gasteiger partial charge in [-0.3, -0.25) is 5.43 Å². The van der Waals surface area contributed by atoms with Crippen LogP contribution in [0, 0.1) is 11.3 Å². The molecule has 0 unspecified atom stereocenters. The maximum absolute atomic E-state index is 11.6. The Morgan fingerprint density at radius 3 is 2.50 bits per heavy atom. The molecule has 3 N–H and O–H groups in total. The summed E-state index contributed by atoms with van der Waals surface area (Å²) in [7, 11) is 0. The fraction of sp³-hybridized carbons (Fsp3) is 0.0625. The number of pyridine rings is 1. The molecule has 2 aliphatic rings. The zero-order valence-corrected chi connectivity index (χ0v) is 12.5. The van der Waals surface area contributed by atoms with Crippen molar-refractivity contribution in [2.75, 3.05) is 5.43 Å². The SMILES string of the molecule is C1=CC2=CC=C1C2.N#Cc1cccnc1-n1cnc(NN)nc1=O. The van der Waals surface area contributed by atoms with Gasteiger partial charge in [0.05, 0.1) is 5.56 Å². The Hall–Kier alpha value is -3.57. The molecule has 4 rings (SSSR count). The van der Waals surface area contributed by atoms with Crippen LogP contribution >= 0.6 is 0 Å². The first-order chi connectivity index (χ1) is 11.7. The Morgan fingerprint density at radius 2 is 2.00 bits per heavy atom. The molecule has 0 saturated heterocycles. The summed E-state index contributed by atoms with van der Waals surface area (Å²) in [6.07, 6.45) is 12.6. The van der Waals surface area contributed by atoms with Crippen molar-refractivity contribution in [3.8, 4) is 11.9 Å². The molecule has 2 aliphatic carbocycles. The van der Waals surface area contributed by atoms with Crippen LogP contribution in [0.3, 0.4) is 0 Å². The Bertz CT molecular complexity index is 943. The van der Waals surface area contributed by atoms with E-state index in [0.717, 1.165) is 4.57 Å². The number of fused-ring (bicyclic) bond motifs is 2. The quantitative estimate of drug-likeness (QED) is 0.625. The van der Waals surface area contributed by atoms with Crippen molar-refractivity contribution < 1.29 is 0 Å². The van der Waals surface area contributed by atoms with Crippen molar-refractivity contribution >= 4 is 5.95 Å². The summed E-state index contributed by atoms with van der Waals surface area (Å²) in [4.78, 5) is 22.9. The van der Waals surface area contributed by atoms with Gasteiger partial charge in [-0.1, -0.05) is 24.3 Å². The minimum atomic E-state index is -0.622. The summed E-state index contributed by atoms with van der Waals surface area (Å²) in [5, 5.41) is 8.89. The highest BCUT2D eigenvalue weighted by Gasteiger charge is 2.09. The minimum absolute atomic E-state index is 0.000638. The third-order valence-electron chi connectivity index (χ3n) is 3.40. The summed E-state index contributed by atoms with van der Waals surface area (Å²) in [5.74, 6) is 5.26. The van der Waals surface area contributed by atoms with Crippen LogP contribution in [-0.4, -0.2) is 19.5 Å². The lowest BCUT2D eigenvalue weighted by Crippen LogP contribution is -2.26. The van der Waals surface area contributed by atoms with Gasteiger partial charge in [-0.2, -0.15) is 10.2 Å². The molecule has 0 aromatic carbocycles. The number of aromatic nitrogens is 4. The van der Waals surface area contributed by atoms with Gasteiger partial charge < -0.3 is 0 Å². The van der Waals surface area contributed by atoms with Gasteiger partial charge in [-0.25, -0.2) is 25.2 Å². The van der Waals surface area contributed by atoms with E-state index in [2.05, 4.69) is 44.7 Å². The summed E-state index contributed by atoms with van der Waals surface area (Å²) in [6, 6.07) is 5.08. The molecular formula is C16H13N7O. The van der Waals surface area contributed by atoms with E-state index in [0.29, 0.717) is 0 Å². The van der Waals surface area contributed by atoms with Crippen LogP contribution in [0.4, 0.5) is 5.95 Å². The van der Waals surface area contributed by atoms with Crippen LogP contribution in [0.15, 0.2) is 64.9 Å². The fourth-order valence-electron chi connectivity index (χ4n) is 2.24. The lowest BCUT2D eigenvalue weighted by atomic mass is 10.3. The van der Waals surface area contributed by atoms with Gasteiger partial charge in [0.2, 0.25) is 5.95 Å². The Labute approximate surface area is 137 Å². The first-order valence-electron chi connectivity index (χ1n) is 7.07. The van der Waals surface area contributed by atoms with Gasteiger partial charge in [0, 0.05) is 6.20 Å². The second-order valence-corrected chi connectivity index (χ2v) is 4.96. The molecule has 0 spiro atoms. The average molecular weight is 319 g/mol. The van der Waals surface area contributed by atoms with Crippen LogP contribution in [-0.2, 0) is 0 Å². The van der Waals surface area contributed by atoms with E-state index in [1.165, 1.54) is 30.1 Å². The summed E-state index contributed by atoms with van der Waals surface area (Å²) in [5.41, 5.74) is 4.72. The number of rotatable bonds is 2. The summed E-state index contributed by atoms with van der Waals surface area (Å²) in [6.45, 7) is 0. The van der Waals surface area contributed by atoms with Gasteiger partial charge in [-0.15, -0.1) is 0 Å². The normalized spacial score (nSPS) is 13.5. The van der Waals surface area contributed by atoms with E-state index in [4.69, 9.17) is 11.1 Å². The van der Waals surface area contributed by atoms with Crippen molar-refractivity contribution in [1.29, 1.82) is 5.26 Å². The molecule has 0 atom stereocenters. The predicted octanol–water partition coefficient (Wildman–Crippen LogP) is 0.992. The van der Waals surface area contributed by atoms with E-state index < -0.39 is 5.69 Å². The Morgan fingerprint density at radius 1 is 1.25 bits per heavy atom. The van der Waals surface area contributed by atoms with Gasteiger partial charge in [0.15, 0.2) is 5.82 Å². The first-order valence-corrected chi connectivity index (χ1v) is 7.07. The van der Waals surface area contributed by atoms with Crippen molar-refractivity contribution in [3.63, 3.8) is 0 Å². The molecule has 8 nitrogen and oxygen atoms in total. The molecule has 8 heteroatoms. The number of nitrogens with two attached hydrogens (primary N) is 1. The second kappa shape index (κ2) is 6.68. The van der Waals surface area contributed by atoms with Crippen LogP contribution in [0.5, 0.6) is 0 Å². The highest BCUT2D eigenvalue weighted by molar-refractivity contribution is 5.49. The zero-order valence-electron chi connectivity index (χ0n) is 12.5. The van der Waals surface area contributed by atoms with Gasteiger partial charge >= 0.3 is 5.69 Å². The number of hydrazine groups is 1. The highest BCUT2D eigenvalue weighted by atomic mass is 16.1. The average Bonchev–Trinajstić information content (AvgIpc) is 3.28. The molecule has 0 radical (unpaired) electrons. The van der Waals surface area contributed by atoms with E-state index in [9.17, 15) is 4.79 Å². The number of nitrogen functional groups attached to an aromatic ring is 1. The molecule has 0 aliphatic heterocycles. The molecule has 0 saturated carbocycles. The van der Waals surface area contributed by atoms with Gasteiger partial charge in [-0.05, 0) is 29.7 Å². The molecule has 24 heavy (non-hydrogen) atoms. The lowest BCUT2D eigenvalue weighted by Gasteiger charge is -2.05. The van der Waals surface area contributed by atoms with E-state index in [1.54, 1.807) is 12.1 Å². The molecule has 0 amide bonds. The predicted molar refractivity (Wildman–Crippen MR) is 87.9 cm³/mol. The highest BCUT2D eigenvalue weighted by Crippen LogP contribution is 2.27. The smallest absolute Gasteiger partial charge is 0.292 e. The lowest BCUT2D eigenvalue weighted by molar-refractivity contribution is 0.833. The van der Waals surface area contributed by atoms with Crippen molar-refractivity contribution in [2.45, 2.75) is 6.42 Å². The molecule has 2 aromatic rings. The van der Waals surface area contributed by atoms with Crippen molar-refractivity contribution in [2.24, 2.45) is 5.84 Å². The Balaban J connectivity index is 0.000000198. The maximum atomic E-state index is 11.6. The molecule has 2 bridgehead atoms. The van der Waals surface area contributed by atoms with E-state index in [1.807, 2.05) is 6.07 Å². The van der Waals surface area contributed by atoms with Crippen LogP contribution in [0.25, 0.3) is 5.82 Å². The topological polar surface area (TPSA) is 123 Å². The van der Waals surface area contributed by atoms with Crippen LogP contribution in [0.2, 0.25) is 0 Å².